The predicted molar refractivity (Wildman–Crippen MR) is 68.2 cm³/mol. The van der Waals surface area contributed by atoms with Crippen molar-refractivity contribution in [2.45, 2.75) is 6.92 Å². The van der Waals surface area contributed by atoms with E-state index in [9.17, 15) is 4.79 Å². The van der Waals surface area contributed by atoms with Gasteiger partial charge in [-0.3, -0.25) is 15.2 Å². The molecule has 0 spiro atoms. The number of halogens is 2. The molecule has 0 radical (unpaired) electrons. The largest absolute Gasteiger partial charge is 0.289 e. The van der Waals surface area contributed by atoms with E-state index in [0.717, 1.165) is 4.47 Å². The maximum atomic E-state index is 11.8. The zero-order chi connectivity index (χ0) is 12.4. The molecule has 0 aliphatic carbocycles. The minimum Gasteiger partial charge on any atom is -0.289 e. The van der Waals surface area contributed by atoms with E-state index in [1.54, 1.807) is 25.1 Å². The zero-order valence-corrected chi connectivity index (χ0v) is 11.1. The summed E-state index contributed by atoms with van der Waals surface area (Å²) in [5.74, 6) is 0.559. The number of hydrogen-bond donors (Lipinski definition) is 2. The van der Waals surface area contributed by atoms with E-state index in [2.05, 4.69) is 36.4 Å². The summed E-state index contributed by atoms with van der Waals surface area (Å²) in [6.45, 7) is 1.75. The molecule has 0 bridgehead atoms. The Balaban J connectivity index is 2.19. The van der Waals surface area contributed by atoms with Crippen molar-refractivity contribution in [1.82, 2.24) is 15.2 Å². The van der Waals surface area contributed by atoms with Crippen molar-refractivity contribution in [2.24, 2.45) is 0 Å². The lowest BCUT2D eigenvalue weighted by Gasteiger charge is -2.02. The zero-order valence-electron chi connectivity index (χ0n) is 8.79. The first-order valence-electron chi connectivity index (χ1n) is 4.71. The van der Waals surface area contributed by atoms with Gasteiger partial charge in [0.15, 0.2) is 0 Å². The highest BCUT2D eigenvalue weighted by Crippen LogP contribution is 2.20. The number of aromatic nitrogens is 3. The van der Waals surface area contributed by atoms with Crippen LogP contribution >= 0.6 is 27.5 Å². The molecule has 0 saturated heterocycles. The number of nitrogens with zero attached hydrogens (tertiary/aromatic N) is 2. The highest BCUT2D eigenvalue weighted by Gasteiger charge is 2.10. The summed E-state index contributed by atoms with van der Waals surface area (Å²) < 4.78 is 0.737. The van der Waals surface area contributed by atoms with E-state index in [1.807, 2.05) is 0 Å². The number of carbonyl (C=O) groups excluding carboxylic acids is 1. The summed E-state index contributed by atoms with van der Waals surface area (Å²) in [5.41, 5.74) is 0.437. The lowest BCUT2D eigenvalue weighted by Crippen LogP contribution is -2.13. The van der Waals surface area contributed by atoms with Gasteiger partial charge in [-0.25, -0.2) is 0 Å². The van der Waals surface area contributed by atoms with Crippen molar-refractivity contribution in [2.75, 3.05) is 5.32 Å². The smallest absolute Gasteiger partial charge is 0.258 e. The summed E-state index contributed by atoms with van der Waals surface area (Å²) in [7, 11) is 0. The molecule has 2 N–H and O–H groups in total. The minimum absolute atomic E-state index is 0.239. The average molecular weight is 316 g/mol. The lowest BCUT2D eigenvalue weighted by atomic mass is 10.2. The van der Waals surface area contributed by atoms with Crippen molar-refractivity contribution < 1.29 is 4.79 Å². The van der Waals surface area contributed by atoms with Gasteiger partial charge in [0.1, 0.15) is 5.82 Å². The fourth-order valence-electron chi connectivity index (χ4n) is 1.26. The molecule has 1 amide bonds. The molecule has 0 saturated carbocycles. The molecule has 2 rings (SSSR count). The van der Waals surface area contributed by atoms with Crippen LogP contribution in [0.1, 0.15) is 16.2 Å². The van der Waals surface area contributed by atoms with Crippen LogP contribution < -0.4 is 5.32 Å². The van der Waals surface area contributed by atoms with Crippen LogP contribution in [0.3, 0.4) is 0 Å². The van der Waals surface area contributed by atoms with Gasteiger partial charge >= 0.3 is 0 Å². The van der Waals surface area contributed by atoms with Gasteiger partial charge in [0.25, 0.3) is 5.91 Å². The summed E-state index contributed by atoms with van der Waals surface area (Å²) in [4.78, 5) is 15.8. The van der Waals surface area contributed by atoms with Crippen molar-refractivity contribution >= 4 is 39.4 Å². The van der Waals surface area contributed by atoms with Crippen LogP contribution in [0.4, 0.5) is 5.95 Å². The lowest BCUT2D eigenvalue weighted by molar-refractivity contribution is 0.102. The van der Waals surface area contributed by atoms with Crippen LogP contribution in [-0.2, 0) is 0 Å². The van der Waals surface area contributed by atoms with E-state index in [4.69, 9.17) is 11.6 Å². The van der Waals surface area contributed by atoms with Crippen molar-refractivity contribution in [3.05, 3.63) is 39.1 Å². The second kappa shape index (κ2) is 4.85. The van der Waals surface area contributed by atoms with Crippen LogP contribution in [0.25, 0.3) is 0 Å². The molecule has 5 nitrogen and oxygen atoms in total. The van der Waals surface area contributed by atoms with Gasteiger partial charge in [-0.05, 0) is 25.1 Å². The molecule has 0 fully saturated rings. The van der Waals surface area contributed by atoms with Crippen molar-refractivity contribution in [3.63, 3.8) is 0 Å². The number of carbonyl (C=O) groups is 1. The van der Waals surface area contributed by atoms with E-state index >= 15 is 0 Å². The molecule has 17 heavy (non-hydrogen) atoms. The second-order valence-corrected chi connectivity index (χ2v) is 4.71. The van der Waals surface area contributed by atoms with Gasteiger partial charge in [0.05, 0.1) is 0 Å². The first-order chi connectivity index (χ1) is 8.04. The van der Waals surface area contributed by atoms with Crippen LogP contribution in [0.2, 0.25) is 5.02 Å². The Morgan fingerprint density at radius 1 is 1.47 bits per heavy atom. The van der Waals surface area contributed by atoms with E-state index in [1.165, 1.54) is 0 Å². The average Bonchev–Trinajstić information content (AvgIpc) is 2.62. The van der Waals surface area contributed by atoms with Gasteiger partial charge in [0, 0.05) is 15.1 Å². The summed E-state index contributed by atoms with van der Waals surface area (Å²) >= 11 is 9.12. The normalized spacial score (nSPS) is 10.3. The fourth-order valence-corrected chi connectivity index (χ4v) is 2.12. The molecule has 1 heterocycles. The van der Waals surface area contributed by atoms with Gasteiger partial charge in [-0.1, -0.05) is 27.5 Å². The molecular formula is C10H8BrClN4O. The Bertz CT molecular complexity index is 549. The Morgan fingerprint density at radius 3 is 2.82 bits per heavy atom. The van der Waals surface area contributed by atoms with Crippen molar-refractivity contribution in [3.8, 4) is 0 Å². The third kappa shape index (κ3) is 3.04. The molecule has 2 aromatic rings. The molecule has 0 atom stereocenters. The van der Waals surface area contributed by atoms with E-state index in [-0.39, 0.29) is 11.9 Å². The standard InChI is InChI=1S/C10H8BrClN4O/c1-5-13-10(16-15-5)14-9(17)6-2-7(11)4-8(12)3-6/h2-4H,1H3,(H2,13,14,15,16,17). The quantitative estimate of drug-likeness (QED) is 0.895. The fraction of sp³-hybridized carbons (Fsp3) is 0.100. The Morgan fingerprint density at radius 2 is 2.24 bits per heavy atom. The molecule has 0 unspecified atom stereocenters. The number of rotatable bonds is 2. The number of hydrogen-bond acceptors (Lipinski definition) is 3. The Labute approximate surface area is 111 Å². The molecule has 7 heteroatoms. The molecular weight excluding hydrogens is 307 g/mol. The Kier molecular flexibility index (Phi) is 3.44. The summed E-state index contributed by atoms with van der Waals surface area (Å²) in [6, 6.07) is 4.94. The van der Waals surface area contributed by atoms with Gasteiger partial charge < -0.3 is 0 Å². The number of benzene rings is 1. The minimum atomic E-state index is -0.313. The number of amides is 1. The number of aromatic amines is 1. The first kappa shape index (κ1) is 12.1. The van der Waals surface area contributed by atoms with Crippen LogP contribution in [0, 0.1) is 6.92 Å². The highest BCUT2D eigenvalue weighted by molar-refractivity contribution is 9.10. The first-order valence-corrected chi connectivity index (χ1v) is 5.88. The van der Waals surface area contributed by atoms with Gasteiger partial charge in [-0.2, -0.15) is 4.98 Å². The second-order valence-electron chi connectivity index (χ2n) is 3.36. The van der Waals surface area contributed by atoms with E-state index in [0.29, 0.717) is 16.4 Å². The topological polar surface area (TPSA) is 70.7 Å². The van der Waals surface area contributed by atoms with Gasteiger partial charge in [-0.15, -0.1) is 5.10 Å². The monoisotopic (exact) mass is 314 g/mol. The van der Waals surface area contributed by atoms with Crippen LogP contribution in [-0.4, -0.2) is 21.1 Å². The number of anilines is 1. The highest BCUT2D eigenvalue weighted by atomic mass is 79.9. The Hall–Kier alpha value is -1.40. The van der Waals surface area contributed by atoms with E-state index < -0.39 is 0 Å². The summed E-state index contributed by atoms with van der Waals surface area (Å²) in [5, 5.41) is 9.49. The number of aryl methyl sites for hydroxylation is 1. The number of nitrogens with one attached hydrogen (secondary N) is 2. The molecule has 1 aromatic heterocycles. The molecule has 0 aliphatic rings. The SMILES string of the molecule is Cc1nc(NC(=O)c2cc(Cl)cc(Br)c2)n[nH]1. The maximum Gasteiger partial charge on any atom is 0.258 e. The van der Waals surface area contributed by atoms with Crippen LogP contribution in [0.15, 0.2) is 22.7 Å². The molecule has 88 valence electrons. The van der Waals surface area contributed by atoms with Gasteiger partial charge in [0.2, 0.25) is 5.95 Å². The van der Waals surface area contributed by atoms with Crippen LogP contribution in [0.5, 0.6) is 0 Å². The molecule has 0 aliphatic heterocycles. The predicted octanol–water partition coefficient (Wildman–Crippen LogP) is 2.78. The third-order valence-corrected chi connectivity index (χ3v) is 2.62. The maximum absolute atomic E-state index is 11.8. The molecule has 1 aromatic carbocycles. The third-order valence-electron chi connectivity index (χ3n) is 1.95. The number of H-pyrrole nitrogens is 1. The summed E-state index contributed by atoms with van der Waals surface area (Å²) in [6.07, 6.45) is 0. The van der Waals surface area contributed by atoms with Crippen molar-refractivity contribution in [1.29, 1.82) is 0 Å².